The number of carbonyl (C=O) groups is 2. The molecule has 1 aromatic carbocycles. The summed E-state index contributed by atoms with van der Waals surface area (Å²) in [4.78, 5) is 34.9. The number of amides is 1. The molecule has 0 radical (unpaired) electrons. The predicted octanol–water partition coefficient (Wildman–Crippen LogP) is 4.41. The van der Waals surface area contributed by atoms with Crippen LogP contribution < -0.4 is 5.32 Å². The van der Waals surface area contributed by atoms with Crippen LogP contribution in [0.1, 0.15) is 21.2 Å². The topological polar surface area (TPSA) is 52.7 Å². The third kappa shape index (κ3) is 2.77. The van der Waals surface area contributed by atoms with Crippen molar-refractivity contribution < 1.29 is 14.0 Å². The summed E-state index contributed by atoms with van der Waals surface area (Å²) in [5.41, 5.74) is -0.594. The molecule has 2 aromatic heterocycles. The fourth-order valence-corrected chi connectivity index (χ4v) is 8.06. The molecule has 3 aromatic rings. The Morgan fingerprint density at radius 2 is 1.91 bits per heavy atom. The maximum absolute atomic E-state index is 14.7. The maximum Gasteiger partial charge on any atom is 0.250 e. The largest absolute Gasteiger partial charge is 0.324 e. The van der Waals surface area contributed by atoms with Crippen molar-refractivity contribution in [3.05, 3.63) is 79.9 Å². The third-order valence-corrected chi connectivity index (χ3v) is 9.43. The van der Waals surface area contributed by atoms with Crippen LogP contribution in [0.4, 0.5) is 10.1 Å². The van der Waals surface area contributed by atoms with E-state index in [0.29, 0.717) is 36.5 Å². The molecule has 6 rings (SSSR count). The van der Waals surface area contributed by atoms with Crippen molar-refractivity contribution in [3.63, 3.8) is 0 Å². The summed E-state index contributed by atoms with van der Waals surface area (Å²) in [5.74, 6) is -0.897. The highest BCUT2D eigenvalue weighted by molar-refractivity contribution is 7.11. The number of nitrogens with one attached hydrogen (secondary N) is 1. The Balaban J connectivity index is 1.65. The Bertz CT molecular complexity index is 1320. The van der Waals surface area contributed by atoms with Crippen LogP contribution in [0.2, 0.25) is 0 Å². The molecule has 34 heavy (non-hydrogen) atoms. The molecule has 5 heterocycles. The average Bonchev–Trinajstić information content (AvgIpc) is 3.58. The predicted molar refractivity (Wildman–Crippen MR) is 134 cm³/mol. The van der Waals surface area contributed by atoms with Gasteiger partial charge in [-0.2, -0.15) is 0 Å². The van der Waals surface area contributed by atoms with E-state index in [2.05, 4.69) is 10.2 Å². The van der Waals surface area contributed by atoms with Crippen molar-refractivity contribution in [2.75, 3.05) is 39.0 Å². The number of ketones is 1. The number of anilines is 1. The van der Waals surface area contributed by atoms with E-state index >= 15 is 0 Å². The summed E-state index contributed by atoms with van der Waals surface area (Å²) < 4.78 is 14.6. The highest BCUT2D eigenvalue weighted by Crippen LogP contribution is 2.64. The van der Waals surface area contributed by atoms with Gasteiger partial charge in [0.25, 0.3) is 5.91 Å². The lowest BCUT2D eigenvalue weighted by Crippen LogP contribution is -2.65. The molecule has 2 fully saturated rings. The van der Waals surface area contributed by atoms with Crippen LogP contribution in [0.25, 0.3) is 6.08 Å². The maximum atomic E-state index is 14.7. The standard InChI is InChI=1S/C26H24FN3O2S2/c1-29-13-16(11-18-5-3-9-33-18)23(31)25(15-29)20(22-6-4-10-34-22)14-30(2)26(25)19-12-17(27)7-8-21(19)28-24(26)32/h3-12,20H,13-15H2,1-2H3,(H,28,32)/b16-11+. The second kappa shape index (κ2) is 7.68. The highest BCUT2D eigenvalue weighted by Gasteiger charge is 2.74. The molecule has 3 unspecified atom stereocenters. The number of rotatable bonds is 2. The molecule has 2 saturated heterocycles. The lowest BCUT2D eigenvalue weighted by Gasteiger charge is -2.50. The van der Waals surface area contributed by atoms with Gasteiger partial charge in [-0.25, -0.2) is 4.39 Å². The van der Waals surface area contributed by atoms with Gasteiger partial charge in [-0.1, -0.05) is 12.1 Å². The number of carbonyl (C=O) groups excluding carboxylic acids is 2. The fraction of sp³-hybridized carbons (Fsp3) is 0.308. The molecule has 5 nitrogen and oxygen atoms in total. The Morgan fingerprint density at radius 1 is 1.12 bits per heavy atom. The number of piperidine rings is 1. The van der Waals surface area contributed by atoms with Crippen LogP contribution in [0.3, 0.4) is 0 Å². The summed E-state index contributed by atoms with van der Waals surface area (Å²) >= 11 is 3.19. The monoisotopic (exact) mass is 493 g/mol. The molecular formula is C26H24FN3O2S2. The first-order valence-electron chi connectivity index (χ1n) is 11.2. The van der Waals surface area contributed by atoms with Gasteiger partial charge in [0, 0.05) is 52.1 Å². The van der Waals surface area contributed by atoms with E-state index < -0.39 is 16.8 Å². The smallest absolute Gasteiger partial charge is 0.250 e. The number of fused-ring (bicyclic) bond motifs is 3. The molecular weight excluding hydrogens is 469 g/mol. The summed E-state index contributed by atoms with van der Waals surface area (Å²) in [7, 11) is 3.88. The minimum absolute atomic E-state index is 0.0194. The van der Waals surface area contributed by atoms with Crippen LogP contribution in [0, 0.1) is 11.2 Å². The quantitative estimate of drug-likeness (QED) is 0.538. The number of likely N-dealkylation sites (tertiary alicyclic amines) is 2. The molecule has 174 valence electrons. The van der Waals surface area contributed by atoms with Crippen molar-refractivity contribution in [2.24, 2.45) is 5.41 Å². The SMILES string of the molecule is CN1C/C(=C\c2cccs2)C(=O)C2(C1)C(c1cccs1)CN(C)C21C(=O)Nc2ccc(F)cc21. The van der Waals surface area contributed by atoms with Crippen molar-refractivity contribution in [2.45, 2.75) is 11.5 Å². The van der Waals surface area contributed by atoms with E-state index in [4.69, 9.17) is 0 Å². The van der Waals surface area contributed by atoms with Gasteiger partial charge in [0.15, 0.2) is 5.78 Å². The van der Waals surface area contributed by atoms with Crippen molar-refractivity contribution in [3.8, 4) is 0 Å². The molecule has 0 aliphatic carbocycles. The molecule has 0 saturated carbocycles. The number of halogens is 1. The van der Waals surface area contributed by atoms with Crippen LogP contribution in [-0.4, -0.2) is 55.2 Å². The Hall–Kier alpha value is -2.65. The van der Waals surface area contributed by atoms with E-state index in [1.165, 1.54) is 12.1 Å². The first-order chi connectivity index (χ1) is 16.4. The first kappa shape index (κ1) is 21.9. The minimum Gasteiger partial charge on any atom is -0.324 e. The zero-order chi connectivity index (χ0) is 23.7. The molecule has 1 N–H and O–H groups in total. The van der Waals surface area contributed by atoms with E-state index in [0.717, 1.165) is 9.75 Å². The van der Waals surface area contributed by atoms with Gasteiger partial charge in [0.05, 0.1) is 5.41 Å². The van der Waals surface area contributed by atoms with E-state index in [1.807, 2.05) is 60.1 Å². The highest BCUT2D eigenvalue weighted by atomic mass is 32.1. The number of hydrogen-bond donors (Lipinski definition) is 1. The average molecular weight is 494 g/mol. The number of thiophene rings is 2. The van der Waals surface area contributed by atoms with Crippen LogP contribution in [0.5, 0.6) is 0 Å². The molecule has 0 bridgehead atoms. The van der Waals surface area contributed by atoms with Gasteiger partial charge < -0.3 is 10.2 Å². The van der Waals surface area contributed by atoms with Gasteiger partial charge in [-0.3, -0.25) is 14.5 Å². The molecule has 2 spiro atoms. The van der Waals surface area contributed by atoms with E-state index in [-0.39, 0.29) is 17.6 Å². The fourth-order valence-electron chi connectivity index (χ4n) is 6.47. The normalized spacial score (nSPS) is 30.6. The Labute approximate surface area is 205 Å². The van der Waals surface area contributed by atoms with Gasteiger partial charge in [-0.05, 0) is 61.3 Å². The first-order valence-corrected chi connectivity index (χ1v) is 13.0. The van der Waals surface area contributed by atoms with Gasteiger partial charge in [0.1, 0.15) is 11.4 Å². The summed E-state index contributed by atoms with van der Waals surface area (Å²) in [6.45, 7) is 1.44. The minimum atomic E-state index is -1.31. The zero-order valence-corrected chi connectivity index (χ0v) is 20.5. The van der Waals surface area contributed by atoms with Crippen LogP contribution in [0.15, 0.2) is 58.8 Å². The third-order valence-electron chi connectivity index (χ3n) is 7.62. The second-order valence-electron chi connectivity index (χ2n) is 9.46. The van der Waals surface area contributed by atoms with Gasteiger partial charge in [0.2, 0.25) is 0 Å². The lowest BCUT2D eigenvalue weighted by molar-refractivity contribution is -0.146. The van der Waals surface area contributed by atoms with Crippen LogP contribution in [-0.2, 0) is 15.1 Å². The molecule has 3 atom stereocenters. The molecule has 3 aliphatic heterocycles. The van der Waals surface area contributed by atoms with E-state index in [9.17, 15) is 14.0 Å². The number of Topliss-reactive ketones (excluding diaryl/α,β-unsaturated/α-hetero) is 1. The summed E-state index contributed by atoms with van der Waals surface area (Å²) in [6, 6.07) is 12.4. The number of nitrogens with zero attached hydrogens (tertiary/aromatic N) is 2. The summed E-state index contributed by atoms with van der Waals surface area (Å²) in [5, 5.41) is 6.99. The van der Waals surface area contributed by atoms with Crippen molar-refractivity contribution >= 4 is 46.1 Å². The number of benzene rings is 1. The second-order valence-corrected chi connectivity index (χ2v) is 11.4. The van der Waals surface area contributed by atoms with E-state index in [1.54, 1.807) is 28.7 Å². The summed E-state index contributed by atoms with van der Waals surface area (Å²) in [6.07, 6.45) is 1.96. The van der Waals surface area contributed by atoms with Crippen molar-refractivity contribution in [1.29, 1.82) is 0 Å². The van der Waals surface area contributed by atoms with Gasteiger partial charge in [-0.15, -0.1) is 22.7 Å². The Morgan fingerprint density at radius 3 is 2.65 bits per heavy atom. The van der Waals surface area contributed by atoms with Crippen molar-refractivity contribution in [1.82, 2.24) is 9.80 Å². The molecule has 8 heteroatoms. The molecule has 3 aliphatic rings. The Kier molecular flexibility index (Phi) is 4.94. The van der Waals surface area contributed by atoms with Gasteiger partial charge >= 0.3 is 0 Å². The van der Waals surface area contributed by atoms with Crippen LogP contribution >= 0.6 is 22.7 Å². The number of hydrogen-bond acceptors (Lipinski definition) is 6. The molecule has 1 amide bonds. The number of likely N-dealkylation sites (N-methyl/N-ethyl adjacent to an activating group) is 2. The zero-order valence-electron chi connectivity index (χ0n) is 18.9. The lowest BCUT2D eigenvalue weighted by atomic mass is 9.57.